The van der Waals surface area contributed by atoms with Gasteiger partial charge in [-0.15, -0.1) is 0 Å². The molecule has 2 aromatic rings. The molecule has 4 nitrogen and oxygen atoms in total. The lowest BCUT2D eigenvalue weighted by atomic mass is 10.2. The summed E-state index contributed by atoms with van der Waals surface area (Å²) in [5, 5.41) is 9.57. The van der Waals surface area contributed by atoms with E-state index in [0.29, 0.717) is 21.7 Å². The number of carbonyl (C=O) groups excluding carboxylic acids is 1. The molecule has 0 atom stereocenters. The number of halogens is 1. The van der Waals surface area contributed by atoms with E-state index >= 15 is 0 Å². The summed E-state index contributed by atoms with van der Waals surface area (Å²) in [5.74, 6) is 0.0948. The number of ketones is 1. The molecule has 0 aliphatic rings. The van der Waals surface area contributed by atoms with Crippen LogP contribution in [0.15, 0.2) is 44.6 Å². The zero-order chi connectivity index (χ0) is 15.4. The summed E-state index contributed by atoms with van der Waals surface area (Å²) in [6, 6.07) is 10.5. The van der Waals surface area contributed by atoms with Crippen molar-refractivity contribution in [2.75, 3.05) is 5.75 Å². The van der Waals surface area contributed by atoms with E-state index in [1.807, 2.05) is 6.07 Å². The van der Waals surface area contributed by atoms with Crippen LogP contribution >= 0.6 is 27.7 Å². The summed E-state index contributed by atoms with van der Waals surface area (Å²) in [6.07, 6.45) is 0. The molecule has 0 aliphatic heterocycles. The third-order valence-corrected chi connectivity index (χ3v) is 4.31. The highest BCUT2D eigenvalue weighted by Crippen LogP contribution is 2.22. The molecule has 2 rings (SSSR count). The third-order valence-electron chi connectivity index (χ3n) is 2.81. The number of nitriles is 1. The normalized spacial score (nSPS) is 10.1. The van der Waals surface area contributed by atoms with Gasteiger partial charge in [0.05, 0.1) is 16.3 Å². The fourth-order valence-electron chi connectivity index (χ4n) is 1.79. The maximum Gasteiger partial charge on any atom is 0.249 e. The highest BCUT2D eigenvalue weighted by atomic mass is 79.9. The maximum absolute atomic E-state index is 12.1. The Morgan fingerprint density at radius 3 is 2.86 bits per heavy atom. The average Bonchev–Trinajstić information content (AvgIpc) is 2.44. The molecule has 1 aromatic heterocycles. The van der Waals surface area contributed by atoms with Crippen LogP contribution < -0.4 is 5.56 Å². The van der Waals surface area contributed by atoms with Crippen LogP contribution in [0.4, 0.5) is 0 Å². The number of aromatic nitrogens is 1. The smallest absolute Gasteiger partial charge is 0.249 e. The number of carbonyl (C=O) groups is 1. The Morgan fingerprint density at radius 1 is 1.43 bits per heavy atom. The second kappa shape index (κ2) is 6.74. The molecule has 1 heterocycles. The Balaban J connectivity index is 2.19. The van der Waals surface area contributed by atoms with E-state index in [-0.39, 0.29) is 17.1 Å². The minimum atomic E-state index is -0.274. The quantitative estimate of drug-likeness (QED) is 0.668. The lowest BCUT2D eigenvalue weighted by Crippen LogP contribution is -2.10. The third kappa shape index (κ3) is 3.84. The van der Waals surface area contributed by atoms with Crippen LogP contribution in [-0.4, -0.2) is 16.5 Å². The molecule has 1 aromatic carbocycles. The van der Waals surface area contributed by atoms with Crippen LogP contribution in [0.5, 0.6) is 0 Å². The zero-order valence-corrected chi connectivity index (χ0v) is 13.5. The molecule has 0 bridgehead atoms. The van der Waals surface area contributed by atoms with Crippen LogP contribution in [0, 0.1) is 18.3 Å². The number of hydrogen-bond acceptors (Lipinski definition) is 4. The van der Waals surface area contributed by atoms with Crippen LogP contribution in [0.3, 0.4) is 0 Å². The summed E-state index contributed by atoms with van der Waals surface area (Å²) >= 11 is 4.48. The number of Topliss-reactive ketones (excluding diaryl/α,β-unsaturated/α-hetero) is 1. The minimum absolute atomic E-state index is 0.0625. The van der Waals surface area contributed by atoms with Gasteiger partial charge in [-0.1, -0.05) is 39.8 Å². The molecule has 106 valence electrons. The van der Waals surface area contributed by atoms with Gasteiger partial charge in [0.1, 0.15) is 6.07 Å². The van der Waals surface area contributed by atoms with Crippen molar-refractivity contribution in [2.24, 2.45) is 0 Å². The largest absolute Gasteiger partial charge is 0.316 e. The Kier molecular flexibility index (Phi) is 4.99. The van der Waals surface area contributed by atoms with Crippen molar-refractivity contribution in [3.8, 4) is 6.07 Å². The minimum Gasteiger partial charge on any atom is -0.316 e. The molecular weight excluding hydrogens is 352 g/mol. The van der Waals surface area contributed by atoms with E-state index in [2.05, 4.69) is 27.0 Å². The molecule has 0 spiro atoms. The summed E-state index contributed by atoms with van der Waals surface area (Å²) in [5.41, 5.74) is 1.33. The van der Waals surface area contributed by atoms with Gasteiger partial charge >= 0.3 is 0 Å². The monoisotopic (exact) mass is 362 g/mol. The number of hydrogen-bond donors (Lipinski definition) is 1. The molecule has 0 aliphatic carbocycles. The number of aryl methyl sites for hydroxylation is 1. The van der Waals surface area contributed by atoms with Gasteiger partial charge < -0.3 is 4.98 Å². The van der Waals surface area contributed by atoms with Crippen molar-refractivity contribution in [3.63, 3.8) is 0 Å². The number of nitrogens with zero attached hydrogens (tertiary/aromatic N) is 1. The first-order chi connectivity index (χ1) is 10.0. The standard InChI is InChI=1S/C15H11BrN2O2S/c1-9-5-14(20)18-15(12(9)7-17)21-8-13(19)10-3-2-4-11(16)6-10/h2-6H,8H2,1H3,(H,18,20). The number of nitrogens with one attached hydrogen (secondary N) is 1. The summed E-state index contributed by atoms with van der Waals surface area (Å²) in [4.78, 5) is 26.2. The lowest BCUT2D eigenvalue weighted by molar-refractivity contribution is 0.102. The van der Waals surface area contributed by atoms with Gasteiger partial charge in [-0.3, -0.25) is 9.59 Å². The van der Waals surface area contributed by atoms with Gasteiger partial charge in [0.25, 0.3) is 0 Å². The molecule has 0 radical (unpaired) electrons. The van der Waals surface area contributed by atoms with Crippen molar-refractivity contribution in [3.05, 3.63) is 61.8 Å². The Labute approximate surface area is 134 Å². The summed E-state index contributed by atoms with van der Waals surface area (Å²) in [7, 11) is 0. The van der Waals surface area contributed by atoms with E-state index in [4.69, 9.17) is 5.26 Å². The van der Waals surface area contributed by atoms with E-state index in [1.54, 1.807) is 25.1 Å². The van der Waals surface area contributed by atoms with Crippen LogP contribution in [-0.2, 0) is 0 Å². The predicted molar refractivity (Wildman–Crippen MR) is 85.7 cm³/mol. The first-order valence-electron chi connectivity index (χ1n) is 6.07. The number of thioether (sulfide) groups is 1. The van der Waals surface area contributed by atoms with Crippen molar-refractivity contribution in [1.82, 2.24) is 4.98 Å². The Hall–Kier alpha value is -1.84. The van der Waals surface area contributed by atoms with E-state index in [9.17, 15) is 9.59 Å². The maximum atomic E-state index is 12.1. The van der Waals surface area contributed by atoms with E-state index in [1.165, 1.54) is 17.8 Å². The number of H-pyrrole nitrogens is 1. The Morgan fingerprint density at radius 2 is 2.19 bits per heavy atom. The second-order valence-electron chi connectivity index (χ2n) is 4.35. The van der Waals surface area contributed by atoms with Gasteiger partial charge in [-0.2, -0.15) is 5.26 Å². The van der Waals surface area contributed by atoms with Gasteiger partial charge in [0.15, 0.2) is 5.78 Å². The highest BCUT2D eigenvalue weighted by Gasteiger charge is 2.12. The average molecular weight is 363 g/mol. The fourth-order valence-corrected chi connectivity index (χ4v) is 3.15. The number of pyridine rings is 1. The SMILES string of the molecule is Cc1cc(=O)[nH]c(SCC(=O)c2cccc(Br)c2)c1C#N. The first kappa shape index (κ1) is 15.5. The van der Waals surface area contributed by atoms with Crippen LogP contribution in [0.2, 0.25) is 0 Å². The van der Waals surface area contributed by atoms with Gasteiger partial charge in [0, 0.05) is 16.1 Å². The summed E-state index contributed by atoms with van der Waals surface area (Å²) in [6.45, 7) is 1.70. The van der Waals surface area contributed by atoms with E-state index in [0.717, 1.165) is 4.47 Å². The van der Waals surface area contributed by atoms with Crippen LogP contribution in [0.1, 0.15) is 21.5 Å². The van der Waals surface area contributed by atoms with Gasteiger partial charge in [-0.05, 0) is 24.6 Å². The highest BCUT2D eigenvalue weighted by molar-refractivity contribution is 9.10. The lowest BCUT2D eigenvalue weighted by Gasteiger charge is -2.06. The van der Waals surface area contributed by atoms with Gasteiger partial charge in [0.2, 0.25) is 5.56 Å². The fraction of sp³-hybridized carbons (Fsp3) is 0.133. The number of rotatable bonds is 4. The van der Waals surface area contributed by atoms with Crippen molar-refractivity contribution < 1.29 is 4.79 Å². The van der Waals surface area contributed by atoms with Gasteiger partial charge in [-0.25, -0.2) is 0 Å². The number of aromatic amines is 1. The molecular formula is C15H11BrN2O2S. The molecule has 0 amide bonds. The first-order valence-corrected chi connectivity index (χ1v) is 7.84. The van der Waals surface area contributed by atoms with Crippen molar-refractivity contribution in [1.29, 1.82) is 5.26 Å². The zero-order valence-electron chi connectivity index (χ0n) is 11.1. The molecule has 6 heteroatoms. The molecule has 0 unspecified atom stereocenters. The molecule has 0 saturated heterocycles. The molecule has 0 fully saturated rings. The molecule has 1 N–H and O–H groups in total. The number of benzene rings is 1. The molecule has 21 heavy (non-hydrogen) atoms. The molecule has 0 saturated carbocycles. The predicted octanol–water partition coefficient (Wildman–Crippen LogP) is 3.29. The van der Waals surface area contributed by atoms with Crippen molar-refractivity contribution >= 4 is 33.5 Å². The topological polar surface area (TPSA) is 73.7 Å². The van der Waals surface area contributed by atoms with E-state index < -0.39 is 0 Å². The van der Waals surface area contributed by atoms with Crippen molar-refractivity contribution in [2.45, 2.75) is 11.9 Å². The Bertz CT molecular complexity index is 793. The second-order valence-corrected chi connectivity index (χ2v) is 6.26. The summed E-state index contributed by atoms with van der Waals surface area (Å²) < 4.78 is 0.833. The van der Waals surface area contributed by atoms with Crippen LogP contribution in [0.25, 0.3) is 0 Å².